The van der Waals surface area contributed by atoms with Crippen molar-refractivity contribution in [3.63, 3.8) is 0 Å². The SMILES string of the molecule is O=C(C=Cc1ccc(F)cc1F)N1C(=O)OCC1Cc1ccccc1. The van der Waals surface area contributed by atoms with E-state index >= 15 is 0 Å². The average Bonchev–Trinajstić information content (AvgIpc) is 2.95. The fourth-order valence-electron chi connectivity index (χ4n) is 2.64. The molecule has 1 saturated heterocycles. The van der Waals surface area contributed by atoms with Gasteiger partial charge in [0.15, 0.2) is 0 Å². The van der Waals surface area contributed by atoms with Gasteiger partial charge in [0.05, 0.1) is 6.04 Å². The highest BCUT2D eigenvalue weighted by molar-refractivity contribution is 6.02. The monoisotopic (exact) mass is 343 g/mol. The molecule has 4 nitrogen and oxygen atoms in total. The van der Waals surface area contributed by atoms with Crippen LogP contribution in [-0.4, -0.2) is 29.5 Å². The van der Waals surface area contributed by atoms with E-state index in [2.05, 4.69) is 0 Å². The predicted molar refractivity (Wildman–Crippen MR) is 87.5 cm³/mol. The average molecular weight is 343 g/mol. The molecule has 2 amide bonds. The summed E-state index contributed by atoms with van der Waals surface area (Å²) in [5, 5.41) is 0. The second-order valence-corrected chi connectivity index (χ2v) is 5.63. The molecule has 25 heavy (non-hydrogen) atoms. The number of carbonyl (C=O) groups is 2. The van der Waals surface area contributed by atoms with E-state index in [1.165, 1.54) is 12.1 Å². The molecule has 3 rings (SSSR count). The van der Waals surface area contributed by atoms with Crippen molar-refractivity contribution < 1.29 is 23.1 Å². The van der Waals surface area contributed by atoms with E-state index in [9.17, 15) is 18.4 Å². The zero-order valence-corrected chi connectivity index (χ0v) is 13.2. The molecule has 1 unspecified atom stereocenters. The summed E-state index contributed by atoms with van der Waals surface area (Å²) in [6, 6.07) is 12.0. The van der Waals surface area contributed by atoms with Crippen molar-refractivity contribution in [2.24, 2.45) is 0 Å². The van der Waals surface area contributed by atoms with Crippen molar-refractivity contribution >= 4 is 18.1 Å². The lowest BCUT2D eigenvalue weighted by molar-refractivity contribution is -0.124. The van der Waals surface area contributed by atoms with Gasteiger partial charge in [0.1, 0.15) is 18.2 Å². The molecule has 2 aromatic carbocycles. The Hall–Kier alpha value is -3.02. The quantitative estimate of drug-likeness (QED) is 0.798. The fourth-order valence-corrected chi connectivity index (χ4v) is 2.64. The summed E-state index contributed by atoms with van der Waals surface area (Å²) in [5.74, 6) is -2.09. The molecule has 1 aliphatic heterocycles. The van der Waals surface area contributed by atoms with Gasteiger partial charge in [-0.1, -0.05) is 30.3 Å². The minimum atomic E-state index is -0.783. The molecule has 0 radical (unpaired) electrons. The summed E-state index contributed by atoms with van der Waals surface area (Å²) in [6.07, 6.45) is 2.04. The predicted octanol–water partition coefficient (Wildman–Crippen LogP) is 3.57. The Bertz CT molecular complexity index is 821. The highest BCUT2D eigenvalue weighted by atomic mass is 19.1. The number of hydrogen-bond donors (Lipinski definition) is 0. The minimum Gasteiger partial charge on any atom is -0.447 e. The largest absolute Gasteiger partial charge is 0.447 e. The maximum atomic E-state index is 13.6. The van der Waals surface area contributed by atoms with Gasteiger partial charge in [0.2, 0.25) is 0 Å². The number of cyclic esters (lactones) is 1. The van der Waals surface area contributed by atoms with Gasteiger partial charge in [-0.05, 0) is 30.2 Å². The number of carbonyl (C=O) groups excluding carboxylic acids is 2. The molecule has 1 atom stereocenters. The number of nitrogens with zero attached hydrogens (tertiary/aromatic N) is 1. The van der Waals surface area contributed by atoms with Gasteiger partial charge in [-0.15, -0.1) is 0 Å². The lowest BCUT2D eigenvalue weighted by atomic mass is 10.1. The summed E-state index contributed by atoms with van der Waals surface area (Å²) >= 11 is 0. The summed E-state index contributed by atoms with van der Waals surface area (Å²) in [4.78, 5) is 25.2. The van der Waals surface area contributed by atoms with Crippen LogP contribution in [0.1, 0.15) is 11.1 Å². The third kappa shape index (κ3) is 3.91. The van der Waals surface area contributed by atoms with Crippen molar-refractivity contribution in [1.29, 1.82) is 0 Å². The Balaban J connectivity index is 1.74. The Labute approximate surface area is 143 Å². The van der Waals surface area contributed by atoms with Crippen LogP contribution in [0.2, 0.25) is 0 Å². The molecule has 1 heterocycles. The number of amides is 2. The van der Waals surface area contributed by atoms with Crippen LogP contribution in [0.25, 0.3) is 6.08 Å². The number of rotatable bonds is 4. The maximum Gasteiger partial charge on any atom is 0.417 e. The highest BCUT2D eigenvalue weighted by Crippen LogP contribution is 2.19. The van der Waals surface area contributed by atoms with E-state index in [1.807, 2.05) is 30.3 Å². The number of benzene rings is 2. The zero-order valence-electron chi connectivity index (χ0n) is 13.2. The number of imide groups is 1. The van der Waals surface area contributed by atoms with E-state index < -0.39 is 29.7 Å². The summed E-state index contributed by atoms with van der Waals surface area (Å²) < 4.78 is 31.5. The van der Waals surface area contributed by atoms with Crippen molar-refractivity contribution in [2.75, 3.05) is 6.61 Å². The third-order valence-corrected chi connectivity index (χ3v) is 3.88. The minimum absolute atomic E-state index is 0.0573. The Morgan fingerprint density at radius 2 is 1.96 bits per heavy atom. The number of hydrogen-bond acceptors (Lipinski definition) is 3. The molecule has 0 saturated carbocycles. The van der Waals surface area contributed by atoms with Crippen LogP contribution < -0.4 is 0 Å². The van der Waals surface area contributed by atoms with Crippen LogP contribution in [0.4, 0.5) is 13.6 Å². The van der Waals surface area contributed by atoms with Gasteiger partial charge >= 0.3 is 6.09 Å². The van der Waals surface area contributed by atoms with Crippen LogP contribution in [0.15, 0.2) is 54.6 Å². The molecule has 2 aromatic rings. The van der Waals surface area contributed by atoms with Crippen molar-refractivity contribution in [3.05, 3.63) is 77.4 Å². The molecule has 6 heteroatoms. The molecule has 0 N–H and O–H groups in total. The maximum absolute atomic E-state index is 13.6. The Morgan fingerprint density at radius 1 is 1.20 bits per heavy atom. The topological polar surface area (TPSA) is 46.6 Å². The third-order valence-electron chi connectivity index (χ3n) is 3.88. The standard InChI is InChI=1S/C19H15F2NO3/c20-15-8-6-14(17(21)11-15)7-9-18(23)22-16(12-25-19(22)24)10-13-4-2-1-3-5-13/h1-9,11,16H,10,12H2. The molecular formula is C19H15F2NO3. The second-order valence-electron chi connectivity index (χ2n) is 5.63. The number of halogens is 2. The first-order valence-corrected chi connectivity index (χ1v) is 7.71. The first-order valence-electron chi connectivity index (χ1n) is 7.71. The van der Waals surface area contributed by atoms with Gasteiger partial charge in [0.25, 0.3) is 5.91 Å². The first kappa shape index (κ1) is 16.8. The summed E-state index contributed by atoms with van der Waals surface area (Å²) in [6.45, 7) is 0.109. The molecule has 0 aliphatic carbocycles. The molecule has 128 valence electrons. The second kappa shape index (κ2) is 7.25. The van der Waals surface area contributed by atoms with Crippen LogP contribution >= 0.6 is 0 Å². The van der Waals surface area contributed by atoms with Gasteiger partial charge in [0, 0.05) is 17.7 Å². The van der Waals surface area contributed by atoms with E-state index in [0.29, 0.717) is 6.42 Å². The van der Waals surface area contributed by atoms with Gasteiger partial charge < -0.3 is 4.74 Å². The van der Waals surface area contributed by atoms with Crippen LogP contribution in [-0.2, 0) is 16.0 Å². The van der Waals surface area contributed by atoms with E-state index in [4.69, 9.17) is 4.74 Å². The Kier molecular flexibility index (Phi) is 4.88. The van der Waals surface area contributed by atoms with E-state index in [-0.39, 0.29) is 12.2 Å². The van der Waals surface area contributed by atoms with Crippen LogP contribution in [0.5, 0.6) is 0 Å². The molecule has 1 fully saturated rings. The van der Waals surface area contributed by atoms with Gasteiger partial charge in [-0.3, -0.25) is 4.79 Å². The lowest BCUT2D eigenvalue weighted by Crippen LogP contribution is -2.39. The smallest absolute Gasteiger partial charge is 0.417 e. The van der Waals surface area contributed by atoms with Crippen molar-refractivity contribution in [3.8, 4) is 0 Å². The van der Waals surface area contributed by atoms with Crippen LogP contribution in [0.3, 0.4) is 0 Å². The molecular weight excluding hydrogens is 328 g/mol. The lowest BCUT2D eigenvalue weighted by Gasteiger charge is -2.18. The van der Waals surface area contributed by atoms with E-state index in [1.54, 1.807) is 0 Å². The normalized spacial score (nSPS) is 17.1. The highest BCUT2D eigenvalue weighted by Gasteiger charge is 2.36. The van der Waals surface area contributed by atoms with Crippen molar-refractivity contribution in [2.45, 2.75) is 12.5 Å². The molecule has 0 spiro atoms. The zero-order chi connectivity index (χ0) is 17.8. The fraction of sp³-hybridized carbons (Fsp3) is 0.158. The van der Waals surface area contributed by atoms with Gasteiger partial charge in [-0.2, -0.15) is 0 Å². The Morgan fingerprint density at radius 3 is 2.68 bits per heavy atom. The molecule has 0 bridgehead atoms. The first-order chi connectivity index (χ1) is 12.0. The number of ether oxygens (including phenoxy) is 1. The molecule has 0 aromatic heterocycles. The van der Waals surface area contributed by atoms with Crippen LogP contribution in [0, 0.1) is 11.6 Å². The summed E-state index contributed by atoms with van der Waals surface area (Å²) in [5.41, 5.74) is 1.03. The van der Waals surface area contributed by atoms with E-state index in [0.717, 1.165) is 28.7 Å². The summed E-state index contributed by atoms with van der Waals surface area (Å²) in [7, 11) is 0. The van der Waals surface area contributed by atoms with Crippen molar-refractivity contribution in [1.82, 2.24) is 4.90 Å². The molecule has 1 aliphatic rings. The van der Waals surface area contributed by atoms with Gasteiger partial charge in [-0.25, -0.2) is 18.5 Å².